The van der Waals surface area contributed by atoms with Crippen molar-refractivity contribution in [3.05, 3.63) is 71.0 Å². The molecule has 0 radical (unpaired) electrons. The van der Waals surface area contributed by atoms with Gasteiger partial charge in [-0.05, 0) is 60.9 Å². The summed E-state index contributed by atoms with van der Waals surface area (Å²) in [4.78, 5) is 15.1. The van der Waals surface area contributed by atoms with Crippen LogP contribution in [0.25, 0.3) is 11.0 Å². The Morgan fingerprint density at radius 3 is 2.62 bits per heavy atom. The van der Waals surface area contributed by atoms with Gasteiger partial charge in [-0.1, -0.05) is 30.3 Å². The van der Waals surface area contributed by atoms with Crippen molar-refractivity contribution in [2.45, 2.75) is 51.1 Å². The second-order valence-corrected chi connectivity index (χ2v) is 7.65. The van der Waals surface area contributed by atoms with Gasteiger partial charge in [0.1, 0.15) is 5.58 Å². The second kappa shape index (κ2) is 6.31. The zero-order chi connectivity index (χ0) is 17.5. The van der Waals surface area contributed by atoms with E-state index in [0.717, 1.165) is 42.2 Å². The van der Waals surface area contributed by atoms with Crippen molar-refractivity contribution in [2.24, 2.45) is 0 Å². The number of rotatable bonds is 5. The van der Waals surface area contributed by atoms with E-state index in [1.54, 1.807) is 6.26 Å². The number of furan rings is 1. The van der Waals surface area contributed by atoms with Crippen LogP contribution in [0.1, 0.15) is 41.5 Å². The van der Waals surface area contributed by atoms with Crippen LogP contribution in [0.2, 0.25) is 0 Å². The van der Waals surface area contributed by atoms with Gasteiger partial charge in [0, 0.05) is 23.5 Å². The van der Waals surface area contributed by atoms with Crippen LogP contribution in [0.4, 0.5) is 0 Å². The number of carbonyl (C=O) groups is 1. The van der Waals surface area contributed by atoms with Crippen LogP contribution in [-0.4, -0.2) is 16.8 Å². The third-order valence-electron chi connectivity index (χ3n) is 5.71. The highest BCUT2D eigenvalue weighted by molar-refractivity contribution is 5.89. The largest absolute Gasteiger partial charge is 0.464 e. The molecule has 0 unspecified atom stereocenters. The maximum atomic E-state index is 13.1. The summed E-state index contributed by atoms with van der Waals surface area (Å²) in [6, 6.07) is 15.1. The molecule has 1 heterocycles. The van der Waals surface area contributed by atoms with Gasteiger partial charge in [-0.25, -0.2) is 0 Å². The molecule has 26 heavy (non-hydrogen) atoms. The lowest BCUT2D eigenvalue weighted by Crippen LogP contribution is -2.33. The SMILES string of the molecule is O=C(Cc1coc2cc3c(cc12)CCC3)N(Cc1ccccc1)C1CC1. The molecule has 1 saturated carbocycles. The first-order valence-corrected chi connectivity index (χ1v) is 9.63. The molecule has 2 aliphatic rings. The minimum Gasteiger partial charge on any atom is -0.464 e. The minimum atomic E-state index is 0.208. The summed E-state index contributed by atoms with van der Waals surface area (Å²) < 4.78 is 5.78. The number of hydrogen-bond donors (Lipinski definition) is 0. The summed E-state index contributed by atoms with van der Waals surface area (Å²) in [5, 5.41) is 1.12. The first-order chi connectivity index (χ1) is 12.8. The highest BCUT2D eigenvalue weighted by atomic mass is 16.3. The number of aryl methyl sites for hydroxylation is 2. The predicted octanol–water partition coefficient (Wildman–Crippen LogP) is 4.66. The number of benzene rings is 2. The third-order valence-corrected chi connectivity index (χ3v) is 5.71. The molecule has 0 atom stereocenters. The molecular weight excluding hydrogens is 322 g/mol. The number of nitrogens with zero attached hydrogens (tertiary/aromatic N) is 1. The van der Waals surface area contributed by atoms with E-state index in [0.29, 0.717) is 19.0 Å². The van der Waals surface area contributed by atoms with E-state index in [2.05, 4.69) is 29.2 Å². The Morgan fingerprint density at radius 2 is 1.85 bits per heavy atom. The predicted molar refractivity (Wildman–Crippen MR) is 102 cm³/mol. The van der Waals surface area contributed by atoms with Crippen LogP contribution in [-0.2, 0) is 30.6 Å². The van der Waals surface area contributed by atoms with Gasteiger partial charge >= 0.3 is 0 Å². The van der Waals surface area contributed by atoms with E-state index in [1.807, 2.05) is 18.2 Å². The van der Waals surface area contributed by atoms with E-state index >= 15 is 0 Å². The highest BCUT2D eigenvalue weighted by Crippen LogP contribution is 2.32. The Morgan fingerprint density at radius 1 is 1.08 bits per heavy atom. The maximum Gasteiger partial charge on any atom is 0.227 e. The molecule has 0 aliphatic heterocycles. The summed E-state index contributed by atoms with van der Waals surface area (Å²) in [6.45, 7) is 0.704. The standard InChI is InChI=1S/C23H23NO2/c25-23(24(20-9-10-20)14-16-5-2-1-3-6-16)13-19-15-26-22-12-18-8-4-7-17(18)11-21(19)22/h1-3,5-6,11-12,15,20H,4,7-10,13-14H2. The van der Waals surface area contributed by atoms with Crippen molar-refractivity contribution >= 4 is 16.9 Å². The average Bonchev–Trinajstić information content (AvgIpc) is 3.28. The first-order valence-electron chi connectivity index (χ1n) is 9.63. The van der Waals surface area contributed by atoms with Gasteiger partial charge in [0.2, 0.25) is 5.91 Å². The molecule has 0 bridgehead atoms. The van der Waals surface area contributed by atoms with Crippen LogP contribution in [0.3, 0.4) is 0 Å². The van der Waals surface area contributed by atoms with Crippen molar-refractivity contribution in [3.8, 4) is 0 Å². The minimum absolute atomic E-state index is 0.208. The van der Waals surface area contributed by atoms with E-state index in [1.165, 1.54) is 23.1 Å². The molecule has 1 fully saturated rings. The summed E-state index contributed by atoms with van der Waals surface area (Å²) in [5.41, 5.74) is 5.99. The van der Waals surface area contributed by atoms with Gasteiger partial charge in [0.15, 0.2) is 0 Å². The fraction of sp³-hybridized carbons (Fsp3) is 0.348. The Balaban J connectivity index is 1.39. The first kappa shape index (κ1) is 15.7. The summed E-state index contributed by atoms with van der Waals surface area (Å²) >= 11 is 0. The molecule has 0 saturated heterocycles. The lowest BCUT2D eigenvalue weighted by atomic mass is 10.0. The monoisotopic (exact) mass is 345 g/mol. The number of carbonyl (C=O) groups excluding carboxylic acids is 1. The molecule has 1 aromatic heterocycles. The zero-order valence-corrected chi connectivity index (χ0v) is 14.9. The molecule has 5 rings (SSSR count). The maximum absolute atomic E-state index is 13.1. The molecule has 132 valence electrons. The van der Waals surface area contributed by atoms with E-state index in [4.69, 9.17) is 4.42 Å². The van der Waals surface area contributed by atoms with Crippen molar-refractivity contribution < 1.29 is 9.21 Å². The van der Waals surface area contributed by atoms with Gasteiger partial charge in [-0.3, -0.25) is 4.79 Å². The topological polar surface area (TPSA) is 33.5 Å². The quantitative estimate of drug-likeness (QED) is 0.674. The number of amides is 1. The molecular formula is C23H23NO2. The van der Waals surface area contributed by atoms with Crippen LogP contribution in [0.5, 0.6) is 0 Å². The Bertz CT molecular complexity index is 953. The van der Waals surface area contributed by atoms with Crippen LogP contribution < -0.4 is 0 Å². The third kappa shape index (κ3) is 2.92. The van der Waals surface area contributed by atoms with Gasteiger partial charge in [-0.2, -0.15) is 0 Å². The summed E-state index contributed by atoms with van der Waals surface area (Å²) in [6.07, 6.45) is 7.97. The molecule has 0 spiro atoms. The summed E-state index contributed by atoms with van der Waals surface area (Å²) in [5.74, 6) is 0.208. The fourth-order valence-corrected chi connectivity index (χ4v) is 4.14. The smallest absolute Gasteiger partial charge is 0.227 e. The Labute approximate surface area is 153 Å². The number of fused-ring (bicyclic) bond motifs is 2. The molecule has 2 aromatic carbocycles. The average molecular weight is 345 g/mol. The molecule has 3 nitrogen and oxygen atoms in total. The second-order valence-electron chi connectivity index (χ2n) is 7.65. The molecule has 3 heteroatoms. The van der Waals surface area contributed by atoms with Gasteiger partial charge < -0.3 is 9.32 Å². The van der Waals surface area contributed by atoms with Crippen LogP contribution in [0.15, 0.2) is 53.1 Å². The Hall–Kier alpha value is -2.55. The molecule has 0 N–H and O–H groups in total. The zero-order valence-electron chi connectivity index (χ0n) is 14.9. The van der Waals surface area contributed by atoms with Gasteiger partial charge in [0.25, 0.3) is 0 Å². The van der Waals surface area contributed by atoms with Gasteiger partial charge in [0.05, 0.1) is 12.7 Å². The Kier molecular flexibility index (Phi) is 3.81. The lowest BCUT2D eigenvalue weighted by Gasteiger charge is -2.22. The van der Waals surface area contributed by atoms with Crippen LogP contribution >= 0.6 is 0 Å². The summed E-state index contributed by atoms with van der Waals surface area (Å²) in [7, 11) is 0. The van der Waals surface area contributed by atoms with Crippen molar-refractivity contribution in [3.63, 3.8) is 0 Å². The molecule has 2 aliphatic carbocycles. The van der Waals surface area contributed by atoms with E-state index < -0.39 is 0 Å². The van der Waals surface area contributed by atoms with E-state index in [9.17, 15) is 4.79 Å². The molecule has 3 aromatic rings. The van der Waals surface area contributed by atoms with Crippen molar-refractivity contribution in [2.75, 3.05) is 0 Å². The van der Waals surface area contributed by atoms with Crippen molar-refractivity contribution in [1.82, 2.24) is 4.90 Å². The highest BCUT2D eigenvalue weighted by Gasteiger charge is 2.32. The fourth-order valence-electron chi connectivity index (χ4n) is 4.14. The normalized spacial score (nSPS) is 16.0. The van der Waals surface area contributed by atoms with Crippen LogP contribution in [0, 0.1) is 0 Å². The number of hydrogen-bond acceptors (Lipinski definition) is 2. The van der Waals surface area contributed by atoms with Gasteiger partial charge in [-0.15, -0.1) is 0 Å². The lowest BCUT2D eigenvalue weighted by molar-refractivity contribution is -0.131. The van der Waals surface area contributed by atoms with E-state index in [-0.39, 0.29) is 5.91 Å². The van der Waals surface area contributed by atoms with Crippen molar-refractivity contribution in [1.29, 1.82) is 0 Å². The molecule has 1 amide bonds.